The highest BCUT2D eigenvalue weighted by Crippen LogP contribution is 2.19. The quantitative estimate of drug-likeness (QED) is 0.787. The lowest BCUT2D eigenvalue weighted by Crippen LogP contribution is -2.54. The lowest BCUT2D eigenvalue weighted by molar-refractivity contribution is -0.143. The van der Waals surface area contributed by atoms with Gasteiger partial charge in [-0.15, -0.1) is 0 Å². The zero-order chi connectivity index (χ0) is 14.7. The molecule has 3 atom stereocenters. The van der Waals surface area contributed by atoms with Gasteiger partial charge >= 0.3 is 12.0 Å². The molecule has 2 unspecified atom stereocenters. The first-order valence-corrected chi connectivity index (χ1v) is 7.44. The highest BCUT2D eigenvalue weighted by Gasteiger charge is 2.31. The first kappa shape index (κ1) is 15.1. The number of nitrogens with one attached hydrogen (secondary N) is 1. The van der Waals surface area contributed by atoms with E-state index in [9.17, 15) is 9.59 Å². The minimum atomic E-state index is -0.796. The largest absolute Gasteiger partial charge is 0.481 e. The SMILES string of the molecule is CC1CN(C)CCC1NC(=O)N1CCC[C@@H](C(=O)O)C1. The first-order chi connectivity index (χ1) is 9.47. The van der Waals surface area contributed by atoms with Crippen molar-refractivity contribution < 1.29 is 14.7 Å². The normalized spacial score (nSPS) is 31.9. The number of carbonyl (C=O) groups excluding carboxylic acids is 1. The Balaban J connectivity index is 1.86. The number of aliphatic carboxylic acids is 1. The molecule has 0 aliphatic carbocycles. The van der Waals surface area contributed by atoms with Crippen LogP contribution in [0.2, 0.25) is 0 Å². The molecule has 2 N–H and O–H groups in total. The fraction of sp³-hybridized carbons (Fsp3) is 0.857. The zero-order valence-corrected chi connectivity index (χ0v) is 12.3. The van der Waals surface area contributed by atoms with Crippen LogP contribution in [-0.4, -0.2) is 66.2 Å². The highest BCUT2D eigenvalue weighted by atomic mass is 16.4. The molecule has 0 aromatic heterocycles. The van der Waals surface area contributed by atoms with E-state index in [1.54, 1.807) is 4.90 Å². The summed E-state index contributed by atoms with van der Waals surface area (Å²) in [6.45, 7) is 5.13. The molecule has 0 radical (unpaired) electrons. The van der Waals surface area contributed by atoms with Crippen LogP contribution in [0.4, 0.5) is 4.79 Å². The number of urea groups is 1. The molecular formula is C14H25N3O3. The smallest absolute Gasteiger partial charge is 0.317 e. The van der Waals surface area contributed by atoms with Gasteiger partial charge in [0, 0.05) is 25.7 Å². The van der Waals surface area contributed by atoms with E-state index in [0.717, 1.165) is 25.9 Å². The zero-order valence-electron chi connectivity index (χ0n) is 12.3. The van der Waals surface area contributed by atoms with Crippen LogP contribution in [0.15, 0.2) is 0 Å². The predicted molar refractivity (Wildman–Crippen MR) is 75.5 cm³/mol. The maximum atomic E-state index is 12.3. The maximum absolute atomic E-state index is 12.3. The molecule has 2 fully saturated rings. The van der Waals surface area contributed by atoms with Crippen LogP contribution < -0.4 is 5.32 Å². The molecule has 6 heteroatoms. The number of hydrogen-bond acceptors (Lipinski definition) is 3. The summed E-state index contributed by atoms with van der Waals surface area (Å²) in [5.74, 6) is -0.780. The van der Waals surface area contributed by atoms with Crippen LogP contribution in [0.1, 0.15) is 26.2 Å². The van der Waals surface area contributed by atoms with Crippen molar-refractivity contribution in [1.29, 1.82) is 0 Å². The fourth-order valence-electron chi connectivity index (χ4n) is 3.18. The van der Waals surface area contributed by atoms with Crippen molar-refractivity contribution in [3.63, 3.8) is 0 Å². The Kier molecular flexibility index (Phi) is 4.86. The first-order valence-electron chi connectivity index (χ1n) is 7.44. The average molecular weight is 283 g/mol. The summed E-state index contributed by atoms with van der Waals surface area (Å²) in [5, 5.41) is 12.2. The molecule has 6 nitrogen and oxygen atoms in total. The average Bonchev–Trinajstić information content (AvgIpc) is 2.42. The van der Waals surface area contributed by atoms with E-state index in [1.807, 2.05) is 0 Å². The van der Waals surface area contributed by atoms with E-state index in [0.29, 0.717) is 25.4 Å². The third-order valence-corrected chi connectivity index (χ3v) is 4.48. The highest BCUT2D eigenvalue weighted by molar-refractivity contribution is 5.76. The summed E-state index contributed by atoms with van der Waals surface area (Å²) in [7, 11) is 2.09. The minimum Gasteiger partial charge on any atom is -0.481 e. The van der Waals surface area contributed by atoms with Crippen LogP contribution in [0.5, 0.6) is 0 Å². The molecule has 114 valence electrons. The van der Waals surface area contributed by atoms with Gasteiger partial charge in [0.25, 0.3) is 0 Å². The number of carbonyl (C=O) groups is 2. The van der Waals surface area contributed by atoms with E-state index in [1.165, 1.54) is 0 Å². The van der Waals surface area contributed by atoms with Crippen molar-refractivity contribution in [3.05, 3.63) is 0 Å². The molecule has 2 heterocycles. The Bertz CT molecular complexity index is 375. The van der Waals surface area contributed by atoms with Crippen molar-refractivity contribution >= 4 is 12.0 Å². The van der Waals surface area contributed by atoms with Crippen LogP contribution in [0, 0.1) is 11.8 Å². The Morgan fingerprint density at radius 3 is 2.60 bits per heavy atom. The predicted octanol–water partition coefficient (Wildman–Crippen LogP) is 0.833. The maximum Gasteiger partial charge on any atom is 0.317 e. The third kappa shape index (κ3) is 3.62. The van der Waals surface area contributed by atoms with Gasteiger partial charge in [0.05, 0.1) is 5.92 Å². The van der Waals surface area contributed by atoms with Gasteiger partial charge in [0.15, 0.2) is 0 Å². The number of amides is 2. The van der Waals surface area contributed by atoms with Gasteiger partial charge in [-0.05, 0) is 38.8 Å². The second kappa shape index (κ2) is 6.43. The van der Waals surface area contributed by atoms with Gasteiger partial charge in [0.2, 0.25) is 0 Å². The van der Waals surface area contributed by atoms with Gasteiger partial charge < -0.3 is 20.2 Å². The Labute approximate surface area is 120 Å². The number of rotatable bonds is 2. The van der Waals surface area contributed by atoms with Gasteiger partial charge in [-0.25, -0.2) is 4.79 Å². The number of hydrogen-bond donors (Lipinski definition) is 2. The van der Waals surface area contributed by atoms with Gasteiger partial charge in [-0.2, -0.15) is 0 Å². The van der Waals surface area contributed by atoms with E-state index < -0.39 is 11.9 Å². The van der Waals surface area contributed by atoms with Crippen LogP contribution in [0.25, 0.3) is 0 Å². The van der Waals surface area contributed by atoms with E-state index in [2.05, 4.69) is 24.2 Å². The lowest BCUT2D eigenvalue weighted by atomic mass is 9.94. The minimum absolute atomic E-state index is 0.0997. The van der Waals surface area contributed by atoms with Crippen molar-refractivity contribution in [2.24, 2.45) is 11.8 Å². The Morgan fingerprint density at radius 2 is 1.95 bits per heavy atom. The second-order valence-corrected chi connectivity index (χ2v) is 6.21. The second-order valence-electron chi connectivity index (χ2n) is 6.21. The molecule has 2 aliphatic rings. The van der Waals surface area contributed by atoms with E-state index >= 15 is 0 Å². The fourth-order valence-corrected chi connectivity index (χ4v) is 3.18. The molecule has 0 aromatic rings. The summed E-state index contributed by atoms with van der Waals surface area (Å²) in [6, 6.07) is 0.0984. The van der Waals surface area contributed by atoms with Crippen LogP contribution in [0.3, 0.4) is 0 Å². The number of piperidine rings is 2. The molecule has 0 spiro atoms. The van der Waals surface area contributed by atoms with Crippen molar-refractivity contribution in [1.82, 2.24) is 15.1 Å². The number of carboxylic acid groups (broad SMARTS) is 1. The standard InChI is InChI=1S/C14H25N3O3/c1-10-8-16(2)7-5-12(10)15-14(20)17-6-3-4-11(9-17)13(18)19/h10-12H,3-9H2,1-2H3,(H,15,20)(H,18,19)/t10?,11-,12?/m1/s1. The molecule has 2 amide bonds. The van der Waals surface area contributed by atoms with E-state index in [4.69, 9.17) is 5.11 Å². The van der Waals surface area contributed by atoms with Gasteiger partial charge in [0.1, 0.15) is 0 Å². The third-order valence-electron chi connectivity index (χ3n) is 4.48. The summed E-state index contributed by atoms with van der Waals surface area (Å²) >= 11 is 0. The molecule has 20 heavy (non-hydrogen) atoms. The van der Waals surface area contributed by atoms with Crippen molar-refractivity contribution in [2.75, 3.05) is 33.2 Å². The molecule has 0 aromatic carbocycles. The van der Waals surface area contributed by atoms with Crippen molar-refractivity contribution in [2.45, 2.75) is 32.2 Å². The molecule has 0 bridgehead atoms. The number of nitrogens with zero attached hydrogens (tertiary/aromatic N) is 2. The Hall–Kier alpha value is -1.30. The summed E-state index contributed by atoms with van der Waals surface area (Å²) in [4.78, 5) is 27.2. The van der Waals surface area contributed by atoms with Gasteiger partial charge in [-0.1, -0.05) is 6.92 Å². The number of carboxylic acids is 1. The van der Waals surface area contributed by atoms with Gasteiger partial charge in [-0.3, -0.25) is 4.79 Å². The molecule has 0 saturated carbocycles. The van der Waals surface area contributed by atoms with Crippen molar-refractivity contribution in [3.8, 4) is 0 Å². The van der Waals surface area contributed by atoms with E-state index in [-0.39, 0.29) is 12.1 Å². The molecular weight excluding hydrogens is 258 g/mol. The topological polar surface area (TPSA) is 72.9 Å². The molecule has 2 saturated heterocycles. The Morgan fingerprint density at radius 1 is 1.20 bits per heavy atom. The summed E-state index contributed by atoms with van der Waals surface area (Å²) < 4.78 is 0. The van der Waals surface area contributed by atoms with Crippen LogP contribution in [-0.2, 0) is 4.79 Å². The van der Waals surface area contributed by atoms with Crippen LogP contribution >= 0.6 is 0 Å². The lowest BCUT2D eigenvalue weighted by Gasteiger charge is -2.37. The monoisotopic (exact) mass is 283 g/mol. The summed E-state index contributed by atoms with van der Waals surface area (Å²) in [6.07, 6.45) is 2.40. The summed E-state index contributed by atoms with van der Waals surface area (Å²) in [5.41, 5.74) is 0. The molecule has 2 aliphatic heterocycles. The molecule has 2 rings (SSSR count). The number of likely N-dealkylation sites (tertiary alicyclic amines) is 2.